The minimum absolute atomic E-state index is 0.0752. The van der Waals surface area contributed by atoms with E-state index in [0.29, 0.717) is 5.71 Å². The lowest BCUT2D eigenvalue weighted by Gasteiger charge is -2.22. The molecule has 1 aliphatic rings. The molecule has 4 nitrogen and oxygen atoms in total. The number of nitrogens with zero attached hydrogens (tertiary/aromatic N) is 1. The summed E-state index contributed by atoms with van der Waals surface area (Å²) in [6.45, 7) is 9.03. The Hall–Kier alpha value is -2.88. The molecule has 140 valence electrons. The Morgan fingerprint density at radius 2 is 1.56 bits per heavy atom. The van der Waals surface area contributed by atoms with Gasteiger partial charge in [0.25, 0.3) is 0 Å². The topological polar surface area (TPSA) is 69.9 Å². The van der Waals surface area contributed by atoms with E-state index in [2.05, 4.69) is 45.0 Å². The number of aromatic carboxylic acids is 1. The highest BCUT2D eigenvalue weighted by molar-refractivity contribution is 6.10. The number of rotatable bonds is 4. The lowest BCUT2D eigenvalue weighted by Crippen LogP contribution is -2.18. The summed E-state index contributed by atoms with van der Waals surface area (Å²) < 4.78 is 0. The zero-order valence-corrected chi connectivity index (χ0v) is 16.2. The van der Waals surface area contributed by atoms with E-state index < -0.39 is 5.97 Å². The van der Waals surface area contributed by atoms with Crippen LogP contribution in [0.4, 0.5) is 0 Å². The van der Waals surface area contributed by atoms with Crippen molar-refractivity contribution in [2.24, 2.45) is 5.16 Å². The van der Waals surface area contributed by atoms with Crippen molar-refractivity contribution in [3.63, 3.8) is 0 Å². The third kappa shape index (κ3) is 3.65. The van der Waals surface area contributed by atoms with Crippen molar-refractivity contribution in [3.05, 3.63) is 76.4 Å². The van der Waals surface area contributed by atoms with Gasteiger partial charge < -0.3 is 10.3 Å². The summed E-state index contributed by atoms with van der Waals surface area (Å²) in [5, 5.41) is 21.9. The van der Waals surface area contributed by atoms with E-state index >= 15 is 0 Å². The van der Waals surface area contributed by atoms with Crippen LogP contribution in [0, 0.1) is 0 Å². The van der Waals surface area contributed by atoms with Crippen LogP contribution in [-0.2, 0) is 10.8 Å². The molecule has 0 radical (unpaired) electrons. The normalized spacial score (nSPS) is 17.9. The molecule has 0 saturated heterocycles. The molecule has 2 N–H and O–H groups in total. The van der Waals surface area contributed by atoms with E-state index in [0.717, 1.165) is 17.5 Å². The molecule has 27 heavy (non-hydrogen) atoms. The van der Waals surface area contributed by atoms with Crippen molar-refractivity contribution in [1.82, 2.24) is 0 Å². The number of oxime groups is 1. The Labute approximate surface area is 159 Å². The molecule has 0 aliphatic heterocycles. The fourth-order valence-electron chi connectivity index (χ4n) is 4.25. The number of fused-ring (bicyclic) bond motifs is 1. The SMILES string of the molecule is CC1(C)CC(C)(C)c2cc(C(/C=C/c3ccc(C(=O)O)cc3)=N/O)ccc21. The van der Waals surface area contributed by atoms with Crippen molar-refractivity contribution in [2.75, 3.05) is 0 Å². The smallest absolute Gasteiger partial charge is 0.335 e. The van der Waals surface area contributed by atoms with Crippen molar-refractivity contribution >= 4 is 17.8 Å². The first-order valence-corrected chi connectivity index (χ1v) is 9.03. The van der Waals surface area contributed by atoms with Gasteiger partial charge >= 0.3 is 5.97 Å². The Balaban J connectivity index is 1.90. The summed E-state index contributed by atoms with van der Waals surface area (Å²) in [4.78, 5) is 10.9. The van der Waals surface area contributed by atoms with Gasteiger partial charge in [-0.2, -0.15) is 0 Å². The Bertz CT molecular complexity index is 935. The molecule has 0 atom stereocenters. The van der Waals surface area contributed by atoms with Crippen molar-refractivity contribution in [3.8, 4) is 0 Å². The first-order chi connectivity index (χ1) is 12.6. The number of hydrogen-bond donors (Lipinski definition) is 2. The highest BCUT2D eigenvalue weighted by Crippen LogP contribution is 2.49. The van der Waals surface area contributed by atoms with Gasteiger partial charge in [0.05, 0.1) is 5.56 Å². The second-order valence-corrected chi connectivity index (χ2v) is 8.45. The largest absolute Gasteiger partial charge is 0.478 e. The molecule has 3 rings (SSSR count). The van der Waals surface area contributed by atoms with Crippen LogP contribution in [0.3, 0.4) is 0 Å². The van der Waals surface area contributed by atoms with Gasteiger partial charge in [0.15, 0.2) is 0 Å². The highest BCUT2D eigenvalue weighted by Gasteiger charge is 2.41. The van der Waals surface area contributed by atoms with Crippen molar-refractivity contribution in [1.29, 1.82) is 0 Å². The summed E-state index contributed by atoms with van der Waals surface area (Å²) >= 11 is 0. The minimum Gasteiger partial charge on any atom is -0.478 e. The number of carbonyl (C=O) groups is 1. The van der Waals surface area contributed by atoms with Crippen LogP contribution in [0.2, 0.25) is 0 Å². The molecule has 0 amide bonds. The van der Waals surface area contributed by atoms with E-state index in [1.807, 2.05) is 12.1 Å². The van der Waals surface area contributed by atoms with Crippen LogP contribution in [0.25, 0.3) is 6.08 Å². The second-order valence-electron chi connectivity index (χ2n) is 8.45. The predicted molar refractivity (Wildman–Crippen MR) is 108 cm³/mol. The number of benzene rings is 2. The maximum atomic E-state index is 10.9. The minimum atomic E-state index is -0.952. The molecule has 0 spiro atoms. The fourth-order valence-corrected chi connectivity index (χ4v) is 4.25. The number of carboxylic acid groups (broad SMARTS) is 1. The quantitative estimate of drug-likeness (QED) is 0.444. The zero-order chi connectivity index (χ0) is 19.8. The maximum absolute atomic E-state index is 10.9. The first-order valence-electron chi connectivity index (χ1n) is 9.03. The third-order valence-corrected chi connectivity index (χ3v) is 5.36. The average Bonchev–Trinajstić information content (AvgIpc) is 2.80. The molecule has 0 saturated carbocycles. The van der Waals surface area contributed by atoms with Gasteiger partial charge in [0, 0.05) is 5.56 Å². The molecule has 0 aromatic heterocycles. The average molecular weight is 363 g/mol. The fraction of sp³-hybridized carbons (Fsp3) is 0.304. The zero-order valence-electron chi connectivity index (χ0n) is 16.2. The summed E-state index contributed by atoms with van der Waals surface area (Å²) in [6.07, 6.45) is 4.63. The molecule has 4 heteroatoms. The molecule has 0 bridgehead atoms. The second kappa shape index (κ2) is 6.69. The molecule has 0 heterocycles. The van der Waals surface area contributed by atoms with Crippen LogP contribution >= 0.6 is 0 Å². The maximum Gasteiger partial charge on any atom is 0.335 e. The van der Waals surface area contributed by atoms with Gasteiger partial charge in [-0.3, -0.25) is 0 Å². The van der Waals surface area contributed by atoms with Crippen molar-refractivity contribution < 1.29 is 15.1 Å². The van der Waals surface area contributed by atoms with Gasteiger partial charge in [-0.25, -0.2) is 4.79 Å². The Morgan fingerprint density at radius 1 is 0.963 bits per heavy atom. The lowest BCUT2D eigenvalue weighted by atomic mass is 9.82. The van der Waals surface area contributed by atoms with Crippen LogP contribution in [0.5, 0.6) is 0 Å². The van der Waals surface area contributed by atoms with Gasteiger partial charge in [-0.05, 0) is 58.2 Å². The van der Waals surface area contributed by atoms with Crippen molar-refractivity contribution in [2.45, 2.75) is 44.9 Å². The van der Waals surface area contributed by atoms with Crippen LogP contribution in [-0.4, -0.2) is 22.0 Å². The molecule has 2 aromatic rings. The van der Waals surface area contributed by atoms with Gasteiger partial charge in [0.1, 0.15) is 5.71 Å². The Kier molecular flexibility index (Phi) is 4.68. The summed E-state index contributed by atoms with van der Waals surface area (Å²) in [5.41, 5.74) is 5.27. The van der Waals surface area contributed by atoms with Crippen LogP contribution in [0.15, 0.2) is 53.7 Å². The van der Waals surface area contributed by atoms with Crippen LogP contribution in [0.1, 0.15) is 66.7 Å². The molecule has 0 fully saturated rings. The first kappa shape index (κ1) is 18.9. The summed E-state index contributed by atoms with van der Waals surface area (Å²) in [5.74, 6) is -0.952. The number of hydrogen-bond acceptors (Lipinski definition) is 3. The van der Waals surface area contributed by atoms with Gasteiger partial charge in [-0.1, -0.05) is 63.2 Å². The monoisotopic (exact) mass is 363 g/mol. The van der Waals surface area contributed by atoms with Gasteiger partial charge in [0.2, 0.25) is 0 Å². The molecule has 1 aliphatic carbocycles. The summed E-state index contributed by atoms with van der Waals surface area (Å²) in [7, 11) is 0. The number of carboxylic acids is 1. The highest BCUT2D eigenvalue weighted by atomic mass is 16.4. The molecule has 0 unspecified atom stereocenters. The standard InChI is InChI=1S/C23H25NO3/c1-22(2)14-23(3,4)19-13-17(10-11-18(19)22)20(24-27)12-7-15-5-8-16(9-6-15)21(25)26/h5-13,27H,14H2,1-4H3,(H,25,26)/b12-7+,24-20+. The predicted octanol–water partition coefficient (Wildman–Crippen LogP) is 5.24. The Morgan fingerprint density at radius 3 is 2.15 bits per heavy atom. The summed E-state index contributed by atoms with van der Waals surface area (Å²) in [6, 6.07) is 12.8. The van der Waals surface area contributed by atoms with Gasteiger partial charge in [-0.15, -0.1) is 0 Å². The van der Waals surface area contributed by atoms with E-state index in [4.69, 9.17) is 5.11 Å². The van der Waals surface area contributed by atoms with E-state index in [1.54, 1.807) is 30.3 Å². The number of allylic oxidation sites excluding steroid dienone is 1. The van der Waals surface area contributed by atoms with E-state index in [9.17, 15) is 10.0 Å². The molecule has 2 aromatic carbocycles. The van der Waals surface area contributed by atoms with E-state index in [-0.39, 0.29) is 16.4 Å². The van der Waals surface area contributed by atoms with E-state index in [1.165, 1.54) is 11.1 Å². The molecular formula is C23H25NO3. The third-order valence-electron chi connectivity index (χ3n) is 5.36. The van der Waals surface area contributed by atoms with Crippen LogP contribution < -0.4 is 0 Å². The molecular weight excluding hydrogens is 338 g/mol. The lowest BCUT2D eigenvalue weighted by molar-refractivity contribution is 0.0697.